The van der Waals surface area contributed by atoms with Crippen LogP contribution < -0.4 is 15.4 Å². The number of benzene rings is 1. The normalized spacial score (nSPS) is 24.9. The third kappa shape index (κ3) is 4.88. The molecule has 1 aliphatic heterocycles. The molecule has 25 heavy (non-hydrogen) atoms. The lowest BCUT2D eigenvalue weighted by molar-refractivity contribution is -0.123. The summed E-state index contributed by atoms with van der Waals surface area (Å²) in [5.74, 6) is 1.71. The molecule has 2 fully saturated rings. The van der Waals surface area contributed by atoms with Gasteiger partial charge in [-0.3, -0.25) is 9.69 Å². The molecule has 0 aromatic heterocycles. The smallest absolute Gasteiger partial charge is 0.220 e. The summed E-state index contributed by atoms with van der Waals surface area (Å²) in [4.78, 5) is 16.3. The number of primary amides is 1. The minimum absolute atomic E-state index is 0.104. The number of carbonyl (C=O) groups excluding carboxylic acids is 1. The fourth-order valence-electron chi connectivity index (χ4n) is 4.12. The minimum Gasteiger partial charge on any atom is -0.497 e. The molecule has 1 aromatic carbocycles. The Morgan fingerprint density at radius 1 is 1.08 bits per heavy atom. The maximum absolute atomic E-state index is 11.3. The molecule has 1 saturated heterocycles. The molecule has 0 bridgehead atoms. The van der Waals surface area contributed by atoms with Gasteiger partial charge in [0.1, 0.15) is 5.75 Å². The van der Waals surface area contributed by atoms with Crippen LogP contribution in [0.25, 0.3) is 0 Å². The summed E-state index contributed by atoms with van der Waals surface area (Å²) in [5.41, 5.74) is 6.70. The summed E-state index contributed by atoms with van der Waals surface area (Å²) in [7, 11) is 1.70. The van der Waals surface area contributed by atoms with Crippen molar-refractivity contribution in [2.24, 2.45) is 17.6 Å². The van der Waals surface area contributed by atoms with E-state index in [9.17, 15) is 4.79 Å². The van der Waals surface area contributed by atoms with Crippen LogP contribution in [0.15, 0.2) is 24.3 Å². The molecule has 0 spiro atoms. The maximum Gasteiger partial charge on any atom is 0.220 e. The maximum atomic E-state index is 11.3. The van der Waals surface area contributed by atoms with Crippen molar-refractivity contribution in [3.8, 4) is 5.75 Å². The van der Waals surface area contributed by atoms with Crippen molar-refractivity contribution in [2.45, 2.75) is 32.1 Å². The zero-order valence-corrected chi connectivity index (χ0v) is 15.3. The molecule has 2 N–H and O–H groups in total. The molecule has 5 nitrogen and oxygen atoms in total. The van der Waals surface area contributed by atoms with E-state index in [1.54, 1.807) is 7.11 Å². The SMILES string of the molecule is COc1ccc(N2CCN(CCC3CCC(C(N)=O)CC3)CC2)cc1. The molecular weight excluding hydrogens is 314 g/mol. The van der Waals surface area contributed by atoms with Gasteiger partial charge in [-0.15, -0.1) is 0 Å². The minimum atomic E-state index is -0.104. The van der Waals surface area contributed by atoms with Crippen LogP contribution in [0, 0.1) is 11.8 Å². The predicted octanol–water partition coefficient (Wildman–Crippen LogP) is 2.50. The van der Waals surface area contributed by atoms with Crippen molar-refractivity contribution in [1.29, 1.82) is 0 Å². The van der Waals surface area contributed by atoms with Crippen LogP contribution in [0.1, 0.15) is 32.1 Å². The van der Waals surface area contributed by atoms with Crippen LogP contribution in [0.4, 0.5) is 5.69 Å². The first-order chi connectivity index (χ1) is 12.2. The van der Waals surface area contributed by atoms with Crippen molar-refractivity contribution in [1.82, 2.24) is 4.90 Å². The Bertz CT molecular complexity index is 545. The molecule has 1 saturated carbocycles. The molecule has 5 heteroatoms. The van der Waals surface area contributed by atoms with E-state index in [1.165, 1.54) is 31.5 Å². The van der Waals surface area contributed by atoms with Crippen LogP contribution in [0.5, 0.6) is 5.75 Å². The molecule has 2 aliphatic rings. The quantitative estimate of drug-likeness (QED) is 0.861. The van der Waals surface area contributed by atoms with Crippen LogP contribution >= 0.6 is 0 Å². The van der Waals surface area contributed by atoms with Gasteiger partial charge in [0.15, 0.2) is 0 Å². The third-order valence-corrected chi connectivity index (χ3v) is 5.91. The van der Waals surface area contributed by atoms with Gasteiger partial charge in [-0.2, -0.15) is 0 Å². The van der Waals surface area contributed by atoms with Crippen molar-refractivity contribution in [3.63, 3.8) is 0 Å². The van der Waals surface area contributed by atoms with E-state index < -0.39 is 0 Å². The highest BCUT2D eigenvalue weighted by atomic mass is 16.5. The van der Waals surface area contributed by atoms with Gasteiger partial charge in [0.2, 0.25) is 5.91 Å². The fraction of sp³-hybridized carbons (Fsp3) is 0.650. The summed E-state index contributed by atoms with van der Waals surface area (Å²) in [5, 5.41) is 0. The molecule has 138 valence electrons. The van der Waals surface area contributed by atoms with Gasteiger partial charge >= 0.3 is 0 Å². The monoisotopic (exact) mass is 345 g/mol. The summed E-state index contributed by atoms with van der Waals surface area (Å²) in [6, 6.07) is 8.35. The molecule has 0 atom stereocenters. The Morgan fingerprint density at radius 2 is 1.72 bits per heavy atom. The first kappa shape index (κ1) is 18.1. The standard InChI is InChI=1S/C20H31N3O2/c1-25-19-8-6-18(7-9-19)23-14-12-22(13-15-23)11-10-16-2-4-17(5-3-16)20(21)24/h6-9,16-17H,2-5,10-15H2,1H3,(H2,21,24). The lowest BCUT2D eigenvalue weighted by Gasteiger charge is -2.37. The van der Waals surface area contributed by atoms with Crippen molar-refractivity contribution >= 4 is 11.6 Å². The molecule has 1 amide bonds. The average molecular weight is 345 g/mol. The van der Waals surface area contributed by atoms with Gasteiger partial charge < -0.3 is 15.4 Å². The lowest BCUT2D eigenvalue weighted by atomic mass is 9.80. The van der Waals surface area contributed by atoms with Gasteiger partial charge in [0.25, 0.3) is 0 Å². The number of methoxy groups -OCH3 is 1. The van der Waals surface area contributed by atoms with E-state index in [1.807, 2.05) is 12.1 Å². The van der Waals surface area contributed by atoms with Gasteiger partial charge in [-0.1, -0.05) is 0 Å². The highest BCUT2D eigenvalue weighted by Crippen LogP contribution is 2.31. The first-order valence-corrected chi connectivity index (χ1v) is 9.56. The third-order valence-electron chi connectivity index (χ3n) is 5.91. The van der Waals surface area contributed by atoms with E-state index >= 15 is 0 Å². The Labute approximate surface area is 151 Å². The molecular formula is C20H31N3O2. The number of carbonyl (C=O) groups is 1. The number of nitrogens with two attached hydrogens (primary N) is 1. The van der Waals surface area contributed by atoms with E-state index in [0.717, 1.165) is 50.7 Å². The largest absolute Gasteiger partial charge is 0.497 e. The number of piperazine rings is 1. The number of rotatable bonds is 6. The summed E-state index contributed by atoms with van der Waals surface area (Å²) in [6.07, 6.45) is 5.57. The highest BCUT2D eigenvalue weighted by Gasteiger charge is 2.25. The Hall–Kier alpha value is -1.75. The van der Waals surface area contributed by atoms with E-state index in [-0.39, 0.29) is 11.8 Å². The Morgan fingerprint density at radius 3 is 2.28 bits per heavy atom. The number of hydrogen-bond acceptors (Lipinski definition) is 4. The number of nitrogens with zero attached hydrogens (tertiary/aromatic N) is 2. The molecule has 0 unspecified atom stereocenters. The second-order valence-corrected chi connectivity index (χ2v) is 7.44. The van der Waals surface area contributed by atoms with Crippen molar-refractivity contribution in [3.05, 3.63) is 24.3 Å². The van der Waals surface area contributed by atoms with Gasteiger partial charge in [-0.05, 0) is 68.8 Å². The second kappa shape index (κ2) is 8.56. The van der Waals surface area contributed by atoms with E-state index in [0.29, 0.717) is 0 Å². The number of hydrogen-bond donors (Lipinski definition) is 1. The van der Waals surface area contributed by atoms with Crippen LogP contribution in [0.3, 0.4) is 0 Å². The van der Waals surface area contributed by atoms with Crippen molar-refractivity contribution in [2.75, 3.05) is 44.7 Å². The zero-order valence-electron chi connectivity index (χ0n) is 15.3. The summed E-state index contributed by atoms with van der Waals surface area (Å²) >= 11 is 0. The fourth-order valence-corrected chi connectivity index (χ4v) is 4.12. The number of ether oxygens (including phenoxy) is 1. The number of anilines is 1. The van der Waals surface area contributed by atoms with E-state index in [2.05, 4.69) is 21.9 Å². The first-order valence-electron chi connectivity index (χ1n) is 9.56. The van der Waals surface area contributed by atoms with Crippen LogP contribution in [0.2, 0.25) is 0 Å². The van der Waals surface area contributed by atoms with Crippen LogP contribution in [-0.2, 0) is 4.79 Å². The predicted molar refractivity (Wildman–Crippen MR) is 101 cm³/mol. The number of amides is 1. The highest BCUT2D eigenvalue weighted by molar-refractivity contribution is 5.76. The Balaban J connectivity index is 1.37. The second-order valence-electron chi connectivity index (χ2n) is 7.44. The summed E-state index contributed by atoms with van der Waals surface area (Å²) in [6.45, 7) is 5.61. The molecule has 1 heterocycles. The molecule has 0 radical (unpaired) electrons. The molecule has 3 rings (SSSR count). The van der Waals surface area contributed by atoms with Crippen molar-refractivity contribution < 1.29 is 9.53 Å². The molecule has 1 aromatic rings. The van der Waals surface area contributed by atoms with Gasteiger partial charge in [0.05, 0.1) is 7.11 Å². The van der Waals surface area contributed by atoms with Gasteiger partial charge in [0, 0.05) is 37.8 Å². The lowest BCUT2D eigenvalue weighted by Crippen LogP contribution is -2.47. The topological polar surface area (TPSA) is 58.8 Å². The zero-order chi connectivity index (χ0) is 17.6. The van der Waals surface area contributed by atoms with Crippen LogP contribution in [-0.4, -0.2) is 50.6 Å². The average Bonchev–Trinajstić information content (AvgIpc) is 2.67. The van der Waals surface area contributed by atoms with Gasteiger partial charge in [-0.25, -0.2) is 0 Å². The summed E-state index contributed by atoms with van der Waals surface area (Å²) < 4.78 is 5.23. The molecule has 1 aliphatic carbocycles. The Kier molecular flexibility index (Phi) is 6.19. The van der Waals surface area contributed by atoms with E-state index in [4.69, 9.17) is 10.5 Å².